The van der Waals surface area contributed by atoms with E-state index in [0.717, 1.165) is 17.8 Å². The van der Waals surface area contributed by atoms with Crippen molar-refractivity contribution in [1.29, 1.82) is 0 Å². The van der Waals surface area contributed by atoms with Gasteiger partial charge in [0.05, 0.1) is 26.2 Å². The Hall–Kier alpha value is -1.10. The molecule has 25 heavy (non-hydrogen) atoms. The van der Waals surface area contributed by atoms with Crippen LogP contribution < -0.4 is 0 Å². The van der Waals surface area contributed by atoms with E-state index in [2.05, 4.69) is 6.92 Å². The maximum atomic E-state index is 12.4. The van der Waals surface area contributed by atoms with Gasteiger partial charge < -0.3 is 9.47 Å². The molecule has 0 aromatic rings. The Morgan fingerprint density at radius 3 is 1.96 bits per heavy atom. The fourth-order valence-corrected chi connectivity index (χ4v) is 5.64. The minimum atomic E-state index is -0.279. The second kappa shape index (κ2) is 7.65. The molecule has 0 amide bonds. The van der Waals surface area contributed by atoms with Crippen molar-refractivity contribution in [2.45, 2.75) is 44.9 Å². The van der Waals surface area contributed by atoms with Crippen LogP contribution >= 0.6 is 0 Å². The summed E-state index contributed by atoms with van der Waals surface area (Å²) in [6.45, 7) is 4.58. The standard InChI is InChI=1S/C20H32NO4/c1-14(13-25-19(23)11-21(2)3)12-24-18(22)10-20-7-15-4-16(8-20)6-17(5-15)9-20/h14-17H,1,4-13H2,2-3H3. The van der Waals surface area contributed by atoms with Crippen molar-refractivity contribution in [3.05, 3.63) is 6.92 Å². The van der Waals surface area contributed by atoms with Gasteiger partial charge >= 0.3 is 11.9 Å². The largest absolute Gasteiger partial charge is 0.465 e. The first-order valence-corrected chi connectivity index (χ1v) is 9.62. The molecular formula is C20H32NO4. The van der Waals surface area contributed by atoms with Gasteiger partial charge in [0.2, 0.25) is 0 Å². The third-order valence-electron chi connectivity index (χ3n) is 6.09. The van der Waals surface area contributed by atoms with Crippen LogP contribution in [0.25, 0.3) is 0 Å². The molecule has 1 radical (unpaired) electrons. The van der Waals surface area contributed by atoms with Crippen LogP contribution in [0.1, 0.15) is 44.9 Å². The summed E-state index contributed by atoms with van der Waals surface area (Å²) in [6, 6.07) is 0. The summed E-state index contributed by atoms with van der Waals surface area (Å²) >= 11 is 0. The highest BCUT2D eigenvalue weighted by molar-refractivity contribution is 5.71. The summed E-state index contributed by atoms with van der Waals surface area (Å²) in [5.41, 5.74) is 0.209. The fourth-order valence-electron chi connectivity index (χ4n) is 5.64. The Bertz CT molecular complexity index is 467. The molecule has 4 rings (SSSR count). The molecule has 4 saturated carbocycles. The van der Waals surface area contributed by atoms with Crippen LogP contribution in [0, 0.1) is 36.0 Å². The van der Waals surface area contributed by atoms with Crippen molar-refractivity contribution in [1.82, 2.24) is 4.90 Å². The van der Waals surface area contributed by atoms with Crippen LogP contribution in [-0.4, -0.2) is 50.7 Å². The predicted octanol–water partition coefficient (Wildman–Crippen LogP) is 2.69. The third kappa shape index (κ3) is 4.96. The molecule has 4 bridgehead atoms. The molecule has 0 aromatic carbocycles. The zero-order valence-electron chi connectivity index (χ0n) is 15.7. The Labute approximate surface area is 151 Å². The first-order chi connectivity index (χ1) is 11.8. The van der Waals surface area contributed by atoms with E-state index >= 15 is 0 Å². The molecule has 141 valence electrons. The van der Waals surface area contributed by atoms with Gasteiger partial charge in [-0.05, 0) is 82.7 Å². The zero-order chi connectivity index (χ0) is 18.0. The second-order valence-electron chi connectivity index (χ2n) is 9.06. The number of hydrogen-bond donors (Lipinski definition) is 0. The summed E-state index contributed by atoms with van der Waals surface area (Å²) < 4.78 is 10.6. The lowest BCUT2D eigenvalue weighted by atomic mass is 9.49. The molecule has 0 aromatic heterocycles. The minimum Gasteiger partial charge on any atom is -0.465 e. The summed E-state index contributed by atoms with van der Waals surface area (Å²) in [7, 11) is 3.63. The number of rotatable bonds is 8. The first-order valence-electron chi connectivity index (χ1n) is 9.62. The van der Waals surface area contributed by atoms with Crippen LogP contribution in [0.4, 0.5) is 0 Å². The van der Waals surface area contributed by atoms with Gasteiger partial charge in [-0.3, -0.25) is 14.5 Å². The fraction of sp³-hybridized carbons (Fsp3) is 0.850. The van der Waals surface area contributed by atoms with Crippen molar-refractivity contribution in [2.24, 2.45) is 29.1 Å². The smallest absolute Gasteiger partial charge is 0.320 e. The van der Waals surface area contributed by atoms with Crippen LogP contribution in [0.3, 0.4) is 0 Å². The summed E-state index contributed by atoms with van der Waals surface area (Å²) in [6.07, 6.45) is 8.34. The Morgan fingerprint density at radius 1 is 1.00 bits per heavy atom. The molecule has 1 unspecified atom stereocenters. The quantitative estimate of drug-likeness (QED) is 0.630. The van der Waals surface area contributed by atoms with E-state index in [1.807, 2.05) is 14.1 Å². The molecule has 0 aliphatic heterocycles. The number of carbonyl (C=O) groups excluding carboxylic acids is 2. The SMILES string of the molecule is [CH2]C(COC(=O)CN(C)C)COC(=O)CC12CC3CC(CC(C3)C1)C2. The molecule has 4 fully saturated rings. The van der Waals surface area contributed by atoms with Gasteiger partial charge in [-0.15, -0.1) is 0 Å². The molecular weight excluding hydrogens is 318 g/mol. The predicted molar refractivity (Wildman–Crippen MR) is 94.5 cm³/mol. The Morgan fingerprint density at radius 2 is 1.48 bits per heavy atom. The van der Waals surface area contributed by atoms with Crippen LogP contribution in [-0.2, 0) is 19.1 Å². The van der Waals surface area contributed by atoms with Gasteiger partial charge in [-0.1, -0.05) is 0 Å². The van der Waals surface area contributed by atoms with Gasteiger partial charge in [0.1, 0.15) is 0 Å². The molecule has 0 saturated heterocycles. The van der Waals surface area contributed by atoms with Crippen molar-refractivity contribution in [3.8, 4) is 0 Å². The highest BCUT2D eigenvalue weighted by atomic mass is 16.5. The lowest BCUT2D eigenvalue weighted by molar-refractivity contribution is -0.154. The topological polar surface area (TPSA) is 55.8 Å². The van der Waals surface area contributed by atoms with E-state index in [0.29, 0.717) is 6.42 Å². The average Bonchev–Trinajstić information content (AvgIpc) is 2.48. The minimum absolute atomic E-state index is 0.102. The molecule has 5 heteroatoms. The van der Waals surface area contributed by atoms with E-state index < -0.39 is 0 Å². The molecule has 0 spiro atoms. The molecule has 4 aliphatic rings. The van der Waals surface area contributed by atoms with Crippen LogP contribution in [0.2, 0.25) is 0 Å². The summed E-state index contributed by atoms with van der Waals surface area (Å²) in [5.74, 6) is 1.93. The number of carbonyl (C=O) groups is 2. The number of ether oxygens (including phenoxy) is 2. The van der Waals surface area contributed by atoms with Crippen molar-refractivity contribution in [2.75, 3.05) is 33.9 Å². The highest BCUT2D eigenvalue weighted by Gasteiger charge is 2.51. The Balaban J connectivity index is 1.37. The van der Waals surface area contributed by atoms with Gasteiger partial charge in [0, 0.05) is 5.92 Å². The lowest BCUT2D eigenvalue weighted by Crippen LogP contribution is -2.47. The monoisotopic (exact) mass is 350 g/mol. The molecule has 4 aliphatic carbocycles. The highest BCUT2D eigenvalue weighted by Crippen LogP contribution is 2.61. The summed E-state index contributed by atoms with van der Waals surface area (Å²) in [4.78, 5) is 25.6. The molecule has 0 heterocycles. The number of esters is 2. The van der Waals surface area contributed by atoms with Gasteiger partial charge in [0.15, 0.2) is 0 Å². The van der Waals surface area contributed by atoms with E-state index in [-0.39, 0.29) is 43.0 Å². The molecule has 0 N–H and O–H groups in total. The first kappa shape index (κ1) is 18.7. The number of nitrogens with zero attached hydrogens (tertiary/aromatic N) is 1. The van der Waals surface area contributed by atoms with Gasteiger partial charge in [0.25, 0.3) is 0 Å². The van der Waals surface area contributed by atoms with Crippen molar-refractivity contribution in [3.63, 3.8) is 0 Å². The Kier molecular flexibility index (Phi) is 5.71. The van der Waals surface area contributed by atoms with E-state index in [1.165, 1.54) is 38.5 Å². The van der Waals surface area contributed by atoms with Gasteiger partial charge in [-0.2, -0.15) is 0 Å². The van der Waals surface area contributed by atoms with Crippen molar-refractivity contribution >= 4 is 11.9 Å². The van der Waals surface area contributed by atoms with Gasteiger partial charge in [-0.25, -0.2) is 0 Å². The average molecular weight is 350 g/mol. The van der Waals surface area contributed by atoms with Crippen LogP contribution in [0.5, 0.6) is 0 Å². The van der Waals surface area contributed by atoms with Crippen molar-refractivity contribution < 1.29 is 19.1 Å². The summed E-state index contributed by atoms with van der Waals surface area (Å²) in [5, 5.41) is 0. The maximum absolute atomic E-state index is 12.4. The van der Waals surface area contributed by atoms with Crippen LogP contribution in [0.15, 0.2) is 0 Å². The van der Waals surface area contributed by atoms with E-state index in [1.54, 1.807) is 4.90 Å². The normalized spacial score (nSPS) is 34.2. The number of hydrogen-bond acceptors (Lipinski definition) is 5. The molecule has 1 atom stereocenters. The van der Waals surface area contributed by atoms with E-state index in [9.17, 15) is 9.59 Å². The molecule has 5 nitrogen and oxygen atoms in total. The van der Waals surface area contributed by atoms with E-state index in [4.69, 9.17) is 9.47 Å². The zero-order valence-corrected chi connectivity index (χ0v) is 15.7. The number of likely N-dealkylation sites (N-methyl/N-ethyl adjacent to an activating group) is 1. The lowest BCUT2D eigenvalue weighted by Gasteiger charge is -2.56. The second-order valence-corrected chi connectivity index (χ2v) is 9.06. The third-order valence-corrected chi connectivity index (χ3v) is 6.09. The maximum Gasteiger partial charge on any atom is 0.320 e.